The highest BCUT2D eigenvalue weighted by atomic mass is 35.5. The number of carbonyl (C=O) groups is 1. The lowest BCUT2D eigenvalue weighted by molar-refractivity contribution is 0.102. The lowest BCUT2D eigenvalue weighted by atomic mass is 10.0. The second-order valence-electron chi connectivity index (χ2n) is 8.04. The summed E-state index contributed by atoms with van der Waals surface area (Å²) in [6.07, 6.45) is 3.38. The fraction of sp³-hybridized carbons (Fsp3) is 0.304. The van der Waals surface area contributed by atoms with E-state index in [1.54, 1.807) is 25.3 Å². The number of oxazole rings is 1. The predicted octanol–water partition coefficient (Wildman–Crippen LogP) is 4.98. The third-order valence-electron chi connectivity index (χ3n) is 5.49. The largest absolute Gasteiger partial charge is 0.449 e. The fourth-order valence-electron chi connectivity index (χ4n) is 3.77. The average molecular weight is 474 g/mol. The van der Waals surface area contributed by atoms with Crippen molar-refractivity contribution in [3.05, 3.63) is 65.2 Å². The normalized spacial score (nSPS) is 17.3. The number of sulfonamides is 1. The van der Waals surface area contributed by atoms with Crippen LogP contribution in [0.15, 0.2) is 58.0 Å². The zero-order valence-electron chi connectivity index (χ0n) is 17.8. The summed E-state index contributed by atoms with van der Waals surface area (Å²) in [4.78, 5) is 17.0. The van der Waals surface area contributed by atoms with Crippen molar-refractivity contribution in [1.82, 2.24) is 9.29 Å². The molecule has 7 nitrogen and oxygen atoms in total. The Balaban J connectivity index is 1.53. The van der Waals surface area contributed by atoms with Gasteiger partial charge in [-0.25, -0.2) is 13.4 Å². The Bertz CT molecular complexity index is 1240. The average Bonchev–Trinajstić information content (AvgIpc) is 3.20. The Morgan fingerprint density at radius 2 is 1.97 bits per heavy atom. The van der Waals surface area contributed by atoms with Crippen LogP contribution in [0.1, 0.15) is 36.0 Å². The quantitative estimate of drug-likeness (QED) is 0.564. The molecule has 168 valence electrons. The maximum Gasteiger partial charge on any atom is 0.255 e. The third-order valence-corrected chi connectivity index (χ3v) is 7.84. The zero-order valence-corrected chi connectivity index (χ0v) is 19.4. The molecule has 0 radical (unpaired) electrons. The van der Waals surface area contributed by atoms with E-state index in [2.05, 4.69) is 10.3 Å². The molecule has 1 aromatic heterocycles. The number of benzene rings is 2. The van der Waals surface area contributed by atoms with Crippen molar-refractivity contribution in [3.63, 3.8) is 0 Å². The predicted molar refractivity (Wildman–Crippen MR) is 123 cm³/mol. The molecule has 2 aromatic carbocycles. The standard InChI is InChI=1S/C23H24ClN3O4S/c1-15-4-3-11-27(13-15)32(29,30)22-12-18(7-10-20(22)24)23(28)26-19-8-5-17(6-9-19)21-14-31-16(2)25-21/h5-10,12,14-15H,3-4,11,13H2,1-2H3,(H,26,28)/t15-/m0/s1. The highest BCUT2D eigenvalue weighted by Crippen LogP contribution is 2.29. The van der Waals surface area contributed by atoms with Crippen LogP contribution < -0.4 is 5.32 Å². The molecule has 9 heteroatoms. The summed E-state index contributed by atoms with van der Waals surface area (Å²) in [6.45, 7) is 4.70. The van der Waals surface area contributed by atoms with E-state index in [9.17, 15) is 13.2 Å². The van der Waals surface area contributed by atoms with Gasteiger partial charge in [0.2, 0.25) is 10.0 Å². The van der Waals surface area contributed by atoms with Crippen molar-refractivity contribution in [2.75, 3.05) is 18.4 Å². The van der Waals surface area contributed by atoms with Crippen molar-refractivity contribution in [2.45, 2.75) is 31.6 Å². The number of piperidine rings is 1. The van der Waals surface area contributed by atoms with Crippen molar-refractivity contribution in [2.24, 2.45) is 5.92 Å². The van der Waals surface area contributed by atoms with Crippen molar-refractivity contribution in [1.29, 1.82) is 0 Å². The molecule has 1 N–H and O–H groups in total. The third kappa shape index (κ3) is 4.72. The number of nitrogens with zero attached hydrogens (tertiary/aromatic N) is 2. The van der Waals surface area contributed by atoms with E-state index in [-0.39, 0.29) is 21.4 Å². The molecular weight excluding hydrogens is 450 g/mol. The summed E-state index contributed by atoms with van der Waals surface area (Å²) in [5, 5.41) is 2.90. The van der Waals surface area contributed by atoms with E-state index < -0.39 is 15.9 Å². The number of aryl methyl sites for hydroxylation is 1. The van der Waals surface area contributed by atoms with Crippen LogP contribution in [0.3, 0.4) is 0 Å². The first-order valence-electron chi connectivity index (χ1n) is 10.4. The molecule has 0 saturated carbocycles. The van der Waals surface area contributed by atoms with Crippen molar-refractivity contribution >= 4 is 33.2 Å². The first-order valence-corrected chi connectivity index (χ1v) is 12.2. The molecule has 1 amide bonds. The lowest BCUT2D eigenvalue weighted by Gasteiger charge is -2.30. The lowest BCUT2D eigenvalue weighted by Crippen LogP contribution is -2.39. The van der Waals surface area contributed by atoms with Crippen LogP contribution >= 0.6 is 11.6 Å². The highest BCUT2D eigenvalue weighted by molar-refractivity contribution is 7.89. The van der Waals surface area contributed by atoms with Gasteiger partial charge in [0.05, 0.1) is 5.02 Å². The molecule has 4 rings (SSSR count). The van der Waals surface area contributed by atoms with Crippen LogP contribution in [0.4, 0.5) is 5.69 Å². The van der Waals surface area contributed by atoms with Crippen LogP contribution in [0.5, 0.6) is 0 Å². The number of carbonyl (C=O) groups excluding carboxylic acids is 1. The first kappa shape index (κ1) is 22.5. The Kier molecular flexibility index (Phi) is 6.37. The molecule has 0 unspecified atom stereocenters. The summed E-state index contributed by atoms with van der Waals surface area (Å²) in [7, 11) is -3.78. The van der Waals surface area contributed by atoms with Crippen LogP contribution in [0, 0.1) is 12.8 Å². The number of rotatable bonds is 5. The summed E-state index contributed by atoms with van der Waals surface area (Å²) < 4.78 is 33.0. The maximum absolute atomic E-state index is 13.2. The fourth-order valence-corrected chi connectivity index (χ4v) is 5.87. The van der Waals surface area contributed by atoms with Crippen molar-refractivity contribution in [3.8, 4) is 11.3 Å². The highest BCUT2D eigenvalue weighted by Gasteiger charge is 2.31. The Morgan fingerprint density at radius 1 is 1.22 bits per heavy atom. The van der Waals surface area contributed by atoms with Crippen LogP contribution in [-0.2, 0) is 10.0 Å². The van der Waals surface area contributed by atoms with E-state index in [1.807, 2.05) is 19.1 Å². The molecular formula is C23H24ClN3O4S. The van der Waals surface area contributed by atoms with Gasteiger partial charge in [0.15, 0.2) is 5.89 Å². The SMILES string of the molecule is Cc1nc(-c2ccc(NC(=O)c3ccc(Cl)c(S(=O)(=O)N4CCC[C@H](C)C4)c3)cc2)co1. The second kappa shape index (κ2) is 9.05. The molecule has 32 heavy (non-hydrogen) atoms. The molecule has 1 aliphatic rings. The zero-order chi connectivity index (χ0) is 22.9. The van der Waals surface area contributed by atoms with Gasteiger partial charge in [-0.1, -0.05) is 30.7 Å². The van der Waals surface area contributed by atoms with Gasteiger partial charge in [-0.2, -0.15) is 4.31 Å². The number of halogens is 1. The van der Waals surface area contributed by atoms with Gasteiger partial charge in [-0.15, -0.1) is 0 Å². The monoisotopic (exact) mass is 473 g/mol. The molecule has 3 aromatic rings. The molecule has 0 aliphatic carbocycles. The minimum Gasteiger partial charge on any atom is -0.449 e. The summed E-state index contributed by atoms with van der Waals surface area (Å²) >= 11 is 6.23. The van der Waals surface area contributed by atoms with Crippen LogP contribution in [0.2, 0.25) is 5.02 Å². The Labute approximate surface area is 192 Å². The first-order chi connectivity index (χ1) is 15.2. The smallest absolute Gasteiger partial charge is 0.255 e. The number of nitrogens with one attached hydrogen (secondary N) is 1. The number of amides is 1. The van der Waals surface area contributed by atoms with E-state index in [4.69, 9.17) is 16.0 Å². The summed E-state index contributed by atoms with van der Waals surface area (Å²) in [5.41, 5.74) is 2.35. The topological polar surface area (TPSA) is 92.5 Å². The Hall–Kier alpha value is -2.68. The summed E-state index contributed by atoms with van der Waals surface area (Å²) in [5.74, 6) is 0.438. The van der Waals surface area contributed by atoms with Crippen LogP contribution in [-0.4, -0.2) is 36.7 Å². The molecule has 1 fully saturated rings. The van der Waals surface area contributed by atoms with E-state index in [0.29, 0.717) is 30.4 Å². The number of hydrogen-bond donors (Lipinski definition) is 1. The number of anilines is 1. The van der Waals surface area contributed by atoms with Gasteiger partial charge >= 0.3 is 0 Å². The summed E-state index contributed by atoms with van der Waals surface area (Å²) in [6, 6.07) is 11.5. The van der Waals surface area contributed by atoms with Gasteiger partial charge in [0, 0.05) is 36.8 Å². The molecule has 2 heterocycles. The molecule has 1 aliphatic heterocycles. The number of aromatic nitrogens is 1. The number of hydrogen-bond acceptors (Lipinski definition) is 5. The minimum atomic E-state index is -3.78. The minimum absolute atomic E-state index is 0.0438. The molecule has 0 bridgehead atoms. The molecule has 0 spiro atoms. The Morgan fingerprint density at radius 3 is 2.62 bits per heavy atom. The molecule has 1 atom stereocenters. The van der Waals surface area contributed by atoms with Gasteiger partial charge in [0.1, 0.15) is 16.9 Å². The van der Waals surface area contributed by atoms with E-state index in [1.165, 1.54) is 22.5 Å². The van der Waals surface area contributed by atoms with Gasteiger partial charge in [-0.3, -0.25) is 4.79 Å². The van der Waals surface area contributed by atoms with E-state index in [0.717, 1.165) is 18.4 Å². The molecule has 1 saturated heterocycles. The van der Waals surface area contributed by atoms with Crippen LogP contribution in [0.25, 0.3) is 11.3 Å². The second-order valence-corrected chi connectivity index (χ2v) is 10.4. The van der Waals surface area contributed by atoms with Gasteiger partial charge < -0.3 is 9.73 Å². The maximum atomic E-state index is 13.2. The van der Waals surface area contributed by atoms with Crippen molar-refractivity contribution < 1.29 is 17.6 Å². The van der Waals surface area contributed by atoms with E-state index >= 15 is 0 Å². The van der Waals surface area contributed by atoms with Gasteiger partial charge in [-0.05, 0) is 49.1 Å². The van der Waals surface area contributed by atoms with Gasteiger partial charge in [0.25, 0.3) is 5.91 Å².